The maximum absolute atomic E-state index is 12.6. The molecule has 9 heteroatoms. The van der Waals surface area contributed by atoms with Gasteiger partial charge in [-0.15, -0.1) is 0 Å². The number of carbonyl (C=O) groups excluding carboxylic acids is 1. The topological polar surface area (TPSA) is 57.7 Å². The van der Waals surface area contributed by atoms with E-state index < -0.39 is 0 Å². The van der Waals surface area contributed by atoms with E-state index in [0.717, 1.165) is 5.69 Å². The van der Waals surface area contributed by atoms with E-state index in [4.69, 9.17) is 39.5 Å². The summed E-state index contributed by atoms with van der Waals surface area (Å²) in [6.07, 6.45) is 3.13. The van der Waals surface area contributed by atoms with Crippen molar-refractivity contribution in [3.8, 4) is 5.75 Å². The summed E-state index contributed by atoms with van der Waals surface area (Å²) in [4.78, 5) is 20.3. The van der Waals surface area contributed by atoms with Crippen molar-refractivity contribution in [1.29, 1.82) is 0 Å². The molecule has 0 atom stereocenters. The van der Waals surface area contributed by atoms with Gasteiger partial charge in [-0.25, -0.2) is 4.79 Å². The highest BCUT2D eigenvalue weighted by Crippen LogP contribution is 2.33. The lowest BCUT2D eigenvalue weighted by atomic mass is 10.2. The number of carbonyl (C=O) groups is 1. The number of amides is 2. The van der Waals surface area contributed by atoms with Crippen molar-refractivity contribution >= 4 is 52.2 Å². The smallest absolute Gasteiger partial charge is 0.322 e. The molecule has 1 fully saturated rings. The Morgan fingerprint density at radius 3 is 2.38 bits per heavy atom. The van der Waals surface area contributed by atoms with Gasteiger partial charge < -0.3 is 19.9 Å². The van der Waals surface area contributed by atoms with Crippen molar-refractivity contribution in [3.63, 3.8) is 0 Å². The number of anilines is 2. The van der Waals surface area contributed by atoms with Gasteiger partial charge in [0.1, 0.15) is 5.75 Å². The molecule has 2 amide bonds. The second-order valence-electron chi connectivity index (χ2n) is 5.70. The molecule has 0 spiro atoms. The Labute approximate surface area is 166 Å². The number of benzene rings is 1. The summed E-state index contributed by atoms with van der Waals surface area (Å²) in [7, 11) is 1.54. The lowest BCUT2D eigenvalue weighted by molar-refractivity contribution is 0.208. The average molecular weight is 416 g/mol. The van der Waals surface area contributed by atoms with E-state index in [1.807, 2.05) is 0 Å². The van der Waals surface area contributed by atoms with Crippen LogP contribution in [0.15, 0.2) is 30.6 Å². The van der Waals surface area contributed by atoms with Crippen molar-refractivity contribution in [2.45, 2.75) is 0 Å². The molecular weight excluding hydrogens is 399 g/mol. The number of nitrogens with zero attached hydrogens (tertiary/aromatic N) is 3. The Balaban J connectivity index is 1.65. The first-order valence-electron chi connectivity index (χ1n) is 7.93. The number of hydrogen-bond acceptors (Lipinski definition) is 4. The van der Waals surface area contributed by atoms with Crippen LogP contribution >= 0.6 is 34.8 Å². The molecule has 138 valence electrons. The van der Waals surface area contributed by atoms with E-state index in [0.29, 0.717) is 52.7 Å². The summed E-state index contributed by atoms with van der Waals surface area (Å²) < 4.78 is 5.25. The van der Waals surface area contributed by atoms with Crippen molar-refractivity contribution in [1.82, 2.24) is 9.88 Å². The number of pyridine rings is 1. The first-order chi connectivity index (χ1) is 12.5. The van der Waals surface area contributed by atoms with Crippen LogP contribution in [0.1, 0.15) is 0 Å². The molecular formula is C17H17Cl3N4O2. The van der Waals surface area contributed by atoms with Gasteiger partial charge in [-0.3, -0.25) is 4.98 Å². The number of piperazine rings is 1. The Kier molecular flexibility index (Phi) is 5.96. The van der Waals surface area contributed by atoms with Crippen molar-refractivity contribution < 1.29 is 9.53 Å². The van der Waals surface area contributed by atoms with E-state index in [1.54, 1.807) is 42.6 Å². The zero-order valence-electron chi connectivity index (χ0n) is 14.0. The van der Waals surface area contributed by atoms with E-state index in [-0.39, 0.29) is 6.03 Å². The number of methoxy groups -OCH3 is 1. The van der Waals surface area contributed by atoms with Crippen LogP contribution in [0.3, 0.4) is 0 Å². The second-order valence-corrected chi connectivity index (χ2v) is 6.95. The molecule has 1 aliphatic heterocycles. The molecule has 1 saturated heterocycles. The van der Waals surface area contributed by atoms with Gasteiger partial charge >= 0.3 is 6.03 Å². The summed E-state index contributed by atoms with van der Waals surface area (Å²) in [6.45, 7) is 2.29. The van der Waals surface area contributed by atoms with Gasteiger partial charge in [-0.1, -0.05) is 34.8 Å². The van der Waals surface area contributed by atoms with Gasteiger partial charge in [-0.2, -0.15) is 0 Å². The second kappa shape index (κ2) is 8.20. The molecule has 1 aromatic heterocycles. The summed E-state index contributed by atoms with van der Waals surface area (Å²) >= 11 is 18.4. The number of ether oxygens (including phenoxy) is 1. The highest BCUT2D eigenvalue weighted by atomic mass is 35.5. The first kappa shape index (κ1) is 18.9. The van der Waals surface area contributed by atoms with Gasteiger partial charge in [0, 0.05) is 43.6 Å². The van der Waals surface area contributed by atoms with Gasteiger partial charge in [0.2, 0.25) is 0 Å². The lowest BCUT2D eigenvalue weighted by Gasteiger charge is -2.36. The van der Waals surface area contributed by atoms with Crippen LogP contribution in [0.4, 0.5) is 16.2 Å². The standard InChI is InChI=1S/C17H17Cl3N4O2/c1-26-15-3-2-11(18)8-14(15)22-17(25)24-6-4-23(5-7-24)16-12(19)9-21-10-13(16)20/h2-3,8-10H,4-7H2,1H3,(H,22,25). The first-order valence-corrected chi connectivity index (χ1v) is 9.06. The Morgan fingerprint density at radius 2 is 1.77 bits per heavy atom. The zero-order chi connectivity index (χ0) is 18.7. The van der Waals surface area contributed by atoms with Crippen molar-refractivity contribution in [3.05, 3.63) is 45.7 Å². The normalized spacial score (nSPS) is 14.3. The molecule has 0 radical (unpaired) electrons. The largest absolute Gasteiger partial charge is 0.495 e. The van der Waals surface area contributed by atoms with Gasteiger partial charge in [0.25, 0.3) is 0 Å². The number of rotatable bonds is 3. The molecule has 3 rings (SSSR count). The molecule has 1 aliphatic rings. The Morgan fingerprint density at radius 1 is 1.12 bits per heavy atom. The Hall–Kier alpha value is -1.89. The quantitative estimate of drug-likeness (QED) is 0.807. The molecule has 0 saturated carbocycles. The third-order valence-electron chi connectivity index (χ3n) is 4.11. The number of hydrogen-bond donors (Lipinski definition) is 1. The summed E-state index contributed by atoms with van der Waals surface area (Å²) in [5, 5.41) is 4.37. The molecule has 1 N–H and O–H groups in total. The fourth-order valence-corrected chi connectivity index (χ4v) is 3.59. The highest BCUT2D eigenvalue weighted by molar-refractivity contribution is 6.38. The van der Waals surface area contributed by atoms with E-state index in [2.05, 4.69) is 15.2 Å². The van der Waals surface area contributed by atoms with Gasteiger partial charge in [0.15, 0.2) is 0 Å². The average Bonchev–Trinajstić information content (AvgIpc) is 2.62. The summed E-state index contributed by atoms with van der Waals surface area (Å²) in [6, 6.07) is 4.86. The van der Waals surface area contributed by atoms with Crippen LogP contribution in [0.5, 0.6) is 5.75 Å². The van der Waals surface area contributed by atoms with Crippen LogP contribution in [0.2, 0.25) is 15.1 Å². The van der Waals surface area contributed by atoms with Gasteiger partial charge in [0.05, 0.1) is 28.5 Å². The maximum Gasteiger partial charge on any atom is 0.322 e. The lowest BCUT2D eigenvalue weighted by Crippen LogP contribution is -2.50. The molecule has 1 aromatic carbocycles. The van der Waals surface area contributed by atoms with Crippen LogP contribution < -0.4 is 15.0 Å². The number of urea groups is 1. The maximum atomic E-state index is 12.6. The van der Waals surface area contributed by atoms with Crippen LogP contribution in [0.25, 0.3) is 0 Å². The summed E-state index contributed by atoms with van der Waals surface area (Å²) in [5.41, 5.74) is 1.28. The summed E-state index contributed by atoms with van der Waals surface area (Å²) in [5.74, 6) is 0.553. The van der Waals surface area contributed by atoms with Gasteiger partial charge in [-0.05, 0) is 18.2 Å². The van der Waals surface area contributed by atoms with Crippen LogP contribution in [0, 0.1) is 0 Å². The monoisotopic (exact) mass is 414 g/mol. The molecule has 2 heterocycles. The predicted molar refractivity (Wildman–Crippen MR) is 105 cm³/mol. The third-order valence-corrected chi connectivity index (χ3v) is 4.90. The number of halogens is 3. The van der Waals surface area contributed by atoms with Crippen molar-refractivity contribution in [2.24, 2.45) is 0 Å². The predicted octanol–water partition coefficient (Wildman–Crippen LogP) is 4.40. The molecule has 0 bridgehead atoms. The molecule has 0 unspecified atom stereocenters. The molecule has 2 aromatic rings. The van der Waals surface area contributed by atoms with E-state index in [1.165, 1.54) is 0 Å². The number of aromatic nitrogens is 1. The van der Waals surface area contributed by atoms with Crippen LogP contribution in [-0.4, -0.2) is 49.2 Å². The highest BCUT2D eigenvalue weighted by Gasteiger charge is 2.24. The molecule has 26 heavy (non-hydrogen) atoms. The zero-order valence-corrected chi connectivity index (χ0v) is 16.3. The minimum Gasteiger partial charge on any atom is -0.495 e. The third kappa shape index (κ3) is 4.09. The Bertz CT molecular complexity index is 790. The SMILES string of the molecule is COc1ccc(Cl)cc1NC(=O)N1CCN(c2c(Cl)cncc2Cl)CC1. The number of nitrogens with one attached hydrogen (secondary N) is 1. The fourth-order valence-electron chi connectivity index (χ4n) is 2.81. The van der Waals surface area contributed by atoms with Crippen molar-refractivity contribution in [2.75, 3.05) is 43.5 Å². The molecule has 6 nitrogen and oxygen atoms in total. The minimum absolute atomic E-state index is 0.211. The minimum atomic E-state index is -0.211. The van der Waals surface area contributed by atoms with Crippen LogP contribution in [-0.2, 0) is 0 Å². The fraction of sp³-hybridized carbons (Fsp3) is 0.294. The molecule has 0 aliphatic carbocycles. The van der Waals surface area contributed by atoms with E-state index in [9.17, 15) is 4.79 Å². The van der Waals surface area contributed by atoms with E-state index >= 15 is 0 Å².